The highest BCUT2D eigenvalue weighted by Gasteiger charge is 2.31. The second-order valence-corrected chi connectivity index (χ2v) is 6.65. The van der Waals surface area contributed by atoms with Gasteiger partial charge in [-0.15, -0.1) is 0 Å². The molecule has 0 radical (unpaired) electrons. The van der Waals surface area contributed by atoms with Crippen LogP contribution in [0.3, 0.4) is 0 Å². The van der Waals surface area contributed by atoms with Crippen molar-refractivity contribution in [2.45, 2.75) is 70.9 Å². The zero-order valence-electron chi connectivity index (χ0n) is 11.8. The second-order valence-electron chi connectivity index (χ2n) is 6.65. The third kappa shape index (κ3) is 3.69. The molecule has 1 aliphatic carbocycles. The Morgan fingerprint density at radius 2 is 2.12 bits per heavy atom. The average Bonchev–Trinajstić information content (AvgIpc) is 2.75. The van der Waals surface area contributed by atoms with Crippen molar-refractivity contribution in [3.8, 4) is 0 Å². The van der Waals surface area contributed by atoms with Crippen LogP contribution in [0.5, 0.6) is 0 Å². The zero-order valence-corrected chi connectivity index (χ0v) is 11.8. The Balaban J connectivity index is 1.75. The summed E-state index contributed by atoms with van der Waals surface area (Å²) in [6, 6.07) is 0.733. The third-order valence-corrected chi connectivity index (χ3v) is 4.72. The van der Waals surface area contributed by atoms with Gasteiger partial charge >= 0.3 is 0 Å². The maximum Gasteiger partial charge on any atom is 0.0779 e. The Morgan fingerprint density at radius 1 is 1.29 bits per heavy atom. The standard InChI is InChI=1S/C15H29NO/c1-12(2)13-6-4-7-14(10-13)16-11-15(3)8-5-9-17-15/h12-14,16H,4-11H2,1-3H3. The first-order valence-electron chi connectivity index (χ1n) is 7.46. The largest absolute Gasteiger partial charge is 0.374 e. The van der Waals surface area contributed by atoms with E-state index in [2.05, 4.69) is 26.1 Å². The molecule has 2 nitrogen and oxygen atoms in total. The van der Waals surface area contributed by atoms with E-state index < -0.39 is 0 Å². The van der Waals surface area contributed by atoms with E-state index in [-0.39, 0.29) is 5.60 Å². The topological polar surface area (TPSA) is 21.3 Å². The summed E-state index contributed by atoms with van der Waals surface area (Å²) < 4.78 is 5.84. The number of rotatable bonds is 4. The van der Waals surface area contributed by atoms with Crippen molar-refractivity contribution in [1.29, 1.82) is 0 Å². The lowest BCUT2D eigenvalue weighted by Gasteiger charge is -2.34. The first kappa shape index (κ1) is 13.4. The first-order chi connectivity index (χ1) is 8.09. The molecule has 0 spiro atoms. The van der Waals surface area contributed by atoms with Gasteiger partial charge in [-0.05, 0) is 44.4 Å². The highest BCUT2D eigenvalue weighted by molar-refractivity contribution is 4.86. The minimum atomic E-state index is 0.116. The van der Waals surface area contributed by atoms with Gasteiger partial charge in [-0.1, -0.05) is 26.7 Å². The van der Waals surface area contributed by atoms with Crippen LogP contribution in [0.2, 0.25) is 0 Å². The molecule has 3 atom stereocenters. The molecule has 2 aliphatic rings. The maximum absolute atomic E-state index is 5.84. The number of ether oxygens (including phenoxy) is 1. The number of hydrogen-bond donors (Lipinski definition) is 1. The summed E-state index contributed by atoms with van der Waals surface area (Å²) in [6.45, 7) is 9.00. The van der Waals surface area contributed by atoms with Crippen LogP contribution in [0, 0.1) is 11.8 Å². The molecule has 100 valence electrons. The van der Waals surface area contributed by atoms with E-state index in [1.54, 1.807) is 0 Å². The van der Waals surface area contributed by atoms with E-state index in [1.165, 1.54) is 38.5 Å². The molecule has 2 rings (SSSR count). The Labute approximate surface area is 107 Å². The van der Waals surface area contributed by atoms with Crippen LogP contribution in [0.1, 0.15) is 59.3 Å². The van der Waals surface area contributed by atoms with Gasteiger partial charge in [-0.25, -0.2) is 0 Å². The van der Waals surface area contributed by atoms with E-state index in [4.69, 9.17) is 4.74 Å². The fraction of sp³-hybridized carbons (Fsp3) is 1.00. The molecule has 17 heavy (non-hydrogen) atoms. The molecular formula is C15H29NO. The summed E-state index contributed by atoms with van der Waals surface area (Å²) in [6.07, 6.45) is 8.02. The van der Waals surface area contributed by atoms with E-state index in [0.717, 1.165) is 31.0 Å². The molecule has 1 saturated carbocycles. The predicted molar refractivity (Wildman–Crippen MR) is 72.2 cm³/mol. The second kappa shape index (κ2) is 5.71. The Kier molecular flexibility index (Phi) is 4.48. The monoisotopic (exact) mass is 239 g/mol. The molecule has 0 aromatic carbocycles. The van der Waals surface area contributed by atoms with Gasteiger partial charge in [0, 0.05) is 19.2 Å². The molecule has 0 aromatic heterocycles. The van der Waals surface area contributed by atoms with Gasteiger partial charge < -0.3 is 10.1 Å². The average molecular weight is 239 g/mol. The molecule has 2 heteroatoms. The van der Waals surface area contributed by atoms with Crippen LogP contribution in [0.15, 0.2) is 0 Å². The minimum absolute atomic E-state index is 0.116. The third-order valence-electron chi connectivity index (χ3n) is 4.72. The highest BCUT2D eigenvalue weighted by Crippen LogP contribution is 2.31. The Morgan fingerprint density at radius 3 is 2.76 bits per heavy atom. The van der Waals surface area contributed by atoms with Crippen molar-refractivity contribution < 1.29 is 4.74 Å². The molecule has 1 N–H and O–H groups in total. The quantitative estimate of drug-likeness (QED) is 0.812. The predicted octanol–water partition coefficient (Wildman–Crippen LogP) is 3.36. The molecule has 1 heterocycles. The SMILES string of the molecule is CC(C)C1CCCC(NCC2(C)CCCO2)C1. The van der Waals surface area contributed by atoms with Gasteiger partial charge in [-0.3, -0.25) is 0 Å². The molecule has 1 aliphatic heterocycles. The van der Waals surface area contributed by atoms with E-state index in [1.807, 2.05) is 0 Å². The van der Waals surface area contributed by atoms with Crippen molar-refractivity contribution in [1.82, 2.24) is 5.32 Å². The van der Waals surface area contributed by atoms with Crippen LogP contribution in [-0.2, 0) is 4.74 Å². The molecule has 0 bridgehead atoms. The number of nitrogens with one attached hydrogen (secondary N) is 1. The van der Waals surface area contributed by atoms with Gasteiger partial charge in [0.25, 0.3) is 0 Å². The fourth-order valence-corrected chi connectivity index (χ4v) is 3.35. The Hall–Kier alpha value is -0.0800. The molecular weight excluding hydrogens is 210 g/mol. The van der Waals surface area contributed by atoms with Crippen LogP contribution in [0.25, 0.3) is 0 Å². The minimum Gasteiger partial charge on any atom is -0.374 e. The van der Waals surface area contributed by atoms with Crippen LogP contribution < -0.4 is 5.32 Å². The van der Waals surface area contributed by atoms with E-state index in [9.17, 15) is 0 Å². The summed E-state index contributed by atoms with van der Waals surface area (Å²) in [5.74, 6) is 1.77. The van der Waals surface area contributed by atoms with Crippen molar-refractivity contribution in [3.05, 3.63) is 0 Å². The molecule has 2 fully saturated rings. The van der Waals surface area contributed by atoms with Gasteiger partial charge in [-0.2, -0.15) is 0 Å². The molecule has 1 saturated heterocycles. The maximum atomic E-state index is 5.84. The van der Waals surface area contributed by atoms with Crippen molar-refractivity contribution in [3.63, 3.8) is 0 Å². The van der Waals surface area contributed by atoms with Gasteiger partial charge in [0.05, 0.1) is 5.60 Å². The summed E-state index contributed by atoms with van der Waals surface area (Å²) in [5.41, 5.74) is 0.116. The number of hydrogen-bond acceptors (Lipinski definition) is 2. The lowest BCUT2D eigenvalue weighted by Crippen LogP contribution is -2.44. The van der Waals surface area contributed by atoms with E-state index in [0.29, 0.717) is 0 Å². The fourth-order valence-electron chi connectivity index (χ4n) is 3.35. The zero-order chi connectivity index (χ0) is 12.3. The summed E-state index contributed by atoms with van der Waals surface area (Å²) in [4.78, 5) is 0. The van der Waals surface area contributed by atoms with Crippen molar-refractivity contribution >= 4 is 0 Å². The van der Waals surface area contributed by atoms with Gasteiger partial charge in [0.15, 0.2) is 0 Å². The van der Waals surface area contributed by atoms with E-state index >= 15 is 0 Å². The molecule has 0 aromatic rings. The normalized spacial score (nSPS) is 38.8. The van der Waals surface area contributed by atoms with Gasteiger partial charge in [0.1, 0.15) is 0 Å². The van der Waals surface area contributed by atoms with Crippen LogP contribution in [-0.4, -0.2) is 24.8 Å². The highest BCUT2D eigenvalue weighted by atomic mass is 16.5. The van der Waals surface area contributed by atoms with Crippen molar-refractivity contribution in [2.24, 2.45) is 11.8 Å². The summed E-state index contributed by atoms with van der Waals surface area (Å²) >= 11 is 0. The molecule has 0 amide bonds. The summed E-state index contributed by atoms with van der Waals surface area (Å²) in [7, 11) is 0. The lowest BCUT2D eigenvalue weighted by molar-refractivity contribution is 0.0167. The van der Waals surface area contributed by atoms with Crippen molar-refractivity contribution in [2.75, 3.05) is 13.2 Å². The Bertz CT molecular complexity index is 233. The first-order valence-corrected chi connectivity index (χ1v) is 7.46. The summed E-state index contributed by atoms with van der Waals surface area (Å²) in [5, 5.41) is 3.76. The van der Waals surface area contributed by atoms with Crippen LogP contribution in [0.4, 0.5) is 0 Å². The lowest BCUT2D eigenvalue weighted by atomic mass is 9.79. The van der Waals surface area contributed by atoms with Gasteiger partial charge in [0.2, 0.25) is 0 Å². The smallest absolute Gasteiger partial charge is 0.0779 e. The molecule has 3 unspecified atom stereocenters. The van der Waals surface area contributed by atoms with Crippen LogP contribution >= 0.6 is 0 Å².